The van der Waals surface area contributed by atoms with Gasteiger partial charge in [-0.2, -0.15) is 9.57 Å². The summed E-state index contributed by atoms with van der Waals surface area (Å²) in [6, 6.07) is 4.92. The highest BCUT2D eigenvalue weighted by molar-refractivity contribution is 7.89. The number of ether oxygens (including phenoxy) is 1. The molecule has 114 valence electrons. The van der Waals surface area contributed by atoms with Gasteiger partial charge < -0.3 is 4.74 Å². The maximum Gasteiger partial charge on any atom is 0.243 e. The molecule has 1 aliphatic rings. The number of piperidine rings is 1. The van der Waals surface area contributed by atoms with Crippen molar-refractivity contribution >= 4 is 10.0 Å². The first kappa shape index (κ1) is 15.9. The molecule has 1 fully saturated rings. The zero-order valence-corrected chi connectivity index (χ0v) is 12.8. The molecule has 1 unspecified atom stereocenters. The van der Waals surface area contributed by atoms with Gasteiger partial charge in [0.1, 0.15) is 11.9 Å². The Morgan fingerprint density at radius 1 is 1.48 bits per heavy atom. The van der Waals surface area contributed by atoms with Gasteiger partial charge in [-0.25, -0.2) is 12.8 Å². The Morgan fingerprint density at radius 3 is 2.81 bits per heavy atom. The smallest absolute Gasteiger partial charge is 0.243 e. The molecule has 1 heterocycles. The van der Waals surface area contributed by atoms with E-state index in [1.54, 1.807) is 13.2 Å². The molecular formula is C14H17FN2O3S. The molecule has 7 heteroatoms. The first-order chi connectivity index (χ1) is 9.82. The van der Waals surface area contributed by atoms with Crippen LogP contribution >= 0.6 is 0 Å². The fourth-order valence-corrected chi connectivity index (χ4v) is 4.05. The molecule has 0 radical (unpaired) electrons. The van der Waals surface area contributed by atoms with E-state index in [9.17, 15) is 12.8 Å². The van der Waals surface area contributed by atoms with Crippen molar-refractivity contribution in [3.8, 4) is 6.07 Å². The van der Waals surface area contributed by atoms with Gasteiger partial charge >= 0.3 is 0 Å². The highest BCUT2D eigenvalue weighted by Gasteiger charge is 2.37. The van der Waals surface area contributed by atoms with Crippen LogP contribution in [0.25, 0.3) is 0 Å². The number of sulfonamides is 1. The third kappa shape index (κ3) is 3.07. The quantitative estimate of drug-likeness (QED) is 0.854. The van der Waals surface area contributed by atoms with Gasteiger partial charge in [-0.1, -0.05) is 0 Å². The maximum absolute atomic E-state index is 13.3. The van der Waals surface area contributed by atoms with E-state index in [1.807, 2.05) is 6.92 Å². The van der Waals surface area contributed by atoms with Crippen molar-refractivity contribution in [1.82, 2.24) is 4.31 Å². The van der Waals surface area contributed by atoms with Crippen molar-refractivity contribution in [2.75, 3.05) is 20.2 Å². The highest BCUT2D eigenvalue weighted by Crippen LogP contribution is 2.28. The minimum atomic E-state index is -3.76. The van der Waals surface area contributed by atoms with Gasteiger partial charge in [0.2, 0.25) is 10.0 Å². The summed E-state index contributed by atoms with van der Waals surface area (Å²) in [6.45, 7) is 2.49. The average Bonchev–Trinajstić information content (AvgIpc) is 2.47. The van der Waals surface area contributed by atoms with E-state index in [1.165, 1.54) is 10.4 Å². The lowest BCUT2D eigenvalue weighted by Gasteiger charge is -2.38. The molecule has 1 aromatic rings. The second-order valence-electron chi connectivity index (χ2n) is 5.35. The summed E-state index contributed by atoms with van der Waals surface area (Å²) in [6.07, 6.45) is 1.47. The van der Waals surface area contributed by atoms with Crippen LogP contribution in [-0.2, 0) is 14.8 Å². The number of hydrogen-bond acceptors (Lipinski definition) is 4. The van der Waals surface area contributed by atoms with E-state index in [-0.39, 0.29) is 17.0 Å². The van der Waals surface area contributed by atoms with Gasteiger partial charge in [0.25, 0.3) is 0 Å². The zero-order chi connectivity index (χ0) is 15.7. The molecule has 0 saturated carbocycles. The first-order valence-electron chi connectivity index (χ1n) is 6.57. The SMILES string of the molecule is COC1(C)CCCN(S(=O)(=O)c2ccc(F)c(C#N)c2)C1. The molecule has 0 aromatic heterocycles. The molecule has 0 N–H and O–H groups in total. The molecule has 1 saturated heterocycles. The van der Waals surface area contributed by atoms with Gasteiger partial charge in [-0.3, -0.25) is 0 Å². The second kappa shape index (κ2) is 5.72. The minimum Gasteiger partial charge on any atom is -0.377 e. The zero-order valence-electron chi connectivity index (χ0n) is 12.0. The van der Waals surface area contributed by atoms with Crippen LogP contribution in [0.4, 0.5) is 4.39 Å². The summed E-state index contributed by atoms with van der Waals surface area (Å²) in [5.74, 6) is -0.725. The van der Waals surface area contributed by atoms with Crippen molar-refractivity contribution in [2.24, 2.45) is 0 Å². The van der Waals surface area contributed by atoms with E-state index in [0.29, 0.717) is 13.0 Å². The number of benzene rings is 1. The number of hydrogen-bond donors (Lipinski definition) is 0. The van der Waals surface area contributed by atoms with Crippen LogP contribution in [0.1, 0.15) is 25.3 Å². The molecular weight excluding hydrogens is 295 g/mol. The topological polar surface area (TPSA) is 70.4 Å². The van der Waals surface area contributed by atoms with E-state index in [0.717, 1.165) is 18.6 Å². The Balaban J connectivity index is 2.36. The number of nitrogens with zero attached hydrogens (tertiary/aromatic N) is 2. The molecule has 0 aliphatic carbocycles. The summed E-state index contributed by atoms with van der Waals surface area (Å²) < 4.78 is 45.3. The lowest BCUT2D eigenvalue weighted by Crippen LogP contribution is -2.49. The fraction of sp³-hybridized carbons (Fsp3) is 0.500. The molecule has 0 amide bonds. The number of rotatable bonds is 3. The Hall–Kier alpha value is -1.49. The van der Waals surface area contributed by atoms with Crippen LogP contribution in [-0.4, -0.2) is 38.5 Å². The highest BCUT2D eigenvalue weighted by atomic mass is 32.2. The normalized spacial score (nSPS) is 23.7. The Bertz CT molecular complexity index is 684. The Labute approximate surface area is 124 Å². The third-order valence-corrected chi connectivity index (χ3v) is 5.65. The molecule has 0 bridgehead atoms. The lowest BCUT2D eigenvalue weighted by molar-refractivity contribution is -0.0319. The predicted molar refractivity (Wildman–Crippen MR) is 74.5 cm³/mol. The van der Waals surface area contributed by atoms with E-state index < -0.39 is 21.4 Å². The minimum absolute atomic E-state index is 0.0687. The molecule has 5 nitrogen and oxygen atoms in total. The standard InChI is InChI=1S/C14H17FN2O3S/c1-14(20-2)6-3-7-17(10-14)21(18,19)12-4-5-13(15)11(8-12)9-16/h4-5,8H,3,6-7,10H2,1-2H3. The molecule has 1 aliphatic heterocycles. The predicted octanol–water partition coefficient (Wildman–Crippen LogP) is 1.89. The largest absolute Gasteiger partial charge is 0.377 e. The van der Waals surface area contributed by atoms with Crippen LogP contribution < -0.4 is 0 Å². The van der Waals surface area contributed by atoms with Crippen molar-refractivity contribution in [1.29, 1.82) is 5.26 Å². The number of halogens is 1. The van der Waals surface area contributed by atoms with E-state index in [2.05, 4.69) is 0 Å². The monoisotopic (exact) mass is 312 g/mol. The van der Waals surface area contributed by atoms with Crippen LogP contribution in [0, 0.1) is 17.1 Å². The summed E-state index contributed by atoms with van der Waals surface area (Å²) >= 11 is 0. The van der Waals surface area contributed by atoms with Crippen LogP contribution in [0.5, 0.6) is 0 Å². The van der Waals surface area contributed by atoms with Crippen molar-refractivity contribution in [3.63, 3.8) is 0 Å². The maximum atomic E-state index is 13.3. The van der Waals surface area contributed by atoms with E-state index >= 15 is 0 Å². The molecule has 1 aromatic carbocycles. The number of methoxy groups -OCH3 is 1. The van der Waals surface area contributed by atoms with Gasteiger partial charge in [-0.05, 0) is 38.0 Å². The van der Waals surface area contributed by atoms with Crippen molar-refractivity contribution in [2.45, 2.75) is 30.3 Å². The van der Waals surface area contributed by atoms with Crippen LogP contribution in [0.3, 0.4) is 0 Å². The van der Waals surface area contributed by atoms with Crippen molar-refractivity contribution < 1.29 is 17.5 Å². The van der Waals surface area contributed by atoms with E-state index in [4.69, 9.17) is 10.00 Å². The van der Waals surface area contributed by atoms with Gasteiger partial charge in [0.05, 0.1) is 16.1 Å². The fourth-order valence-electron chi connectivity index (χ4n) is 2.43. The summed E-state index contributed by atoms with van der Waals surface area (Å²) in [4.78, 5) is -0.0687. The second-order valence-corrected chi connectivity index (χ2v) is 7.29. The number of nitriles is 1. The molecule has 2 rings (SSSR count). The molecule has 1 atom stereocenters. The van der Waals surface area contributed by atoms with Gasteiger partial charge in [0, 0.05) is 20.2 Å². The molecule has 21 heavy (non-hydrogen) atoms. The lowest BCUT2D eigenvalue weighted by atomic mass is 9.96. The Kier molecular flexibility index (Phi) is 4.33. The Morgan fingerprint density at radius 2 is 2.19 bits per heavy atom. The third-order valence-electron chi connectivity index (χ3n) is 3.81. The summed E-state index contributed by atoms with van der Waals surface area (Å²) in [5.41, 5.74) is -0.800. The average molecular weight is 312 g/mol. The molecule has 0 spiro atoms. The van der Waals surface area contributed by atoms with Crippen molar-refractivity contribution in [3.05, 3.63) is 29.6 Å². The first-order valence-corrected chi connectivity index (χ1v) is 8.01. The van der Waals surface area contributed by atoms with Gasteiger partial charge in [-0.15, -0.1) is 0 Å². The summed E-state index contributed by atoms with van der Waals surface area (Å²) in [7, 11) is -2.20. The van der Waals surface area contributed by atoms with Crippen LogP contribution in [0.15, 0.2) is 23.1 Å². The summed E-state index contributed by atoms with van der Waals surface area (Å²) in [5, 5.41) is 8.82. The van der Waals surface area contributed by atoms with Crippen LogP contribution in [0.2, 0.25) is 0 Å². The van der Waals surface area contributed by atoms with Gasteiger partial charge in [0.15, 0.2) is 0 Å².